The molecule has 32 heavy (non-hydrogen) atoms. The Bertz CT molecular complexity index is 989. The van der Waals surface area contributed by atoms with Gasteiger partial charge in [-0.15, -0.1) is 0 Å². The van der Waals surface area contributed by atoms with Gasteiger partial charge in [-0.1, -0.05) is 0 Å². The van der Waals surface area contributed by atoms with Gasteiger partial charge in [0.25, 0.3) is 11.8 Å². The van der Waals surface area contributed by atoms with E-state index in [1.54, 1.807) is 24.3 Å². The second kappa shape index (κ2) is 10.3. The fourth-order valence-corrected chi connectivity index (χ4v) is 2.82. The van der Waals surface area contributed by atoms with Gasteiger partial charge in [0.05, 0.1) is 0 Å². The number of aryl methyl sites for hydroxylation is 4. The average molecular weight is 436 g/mol. The van der Waals surface area contributed by atoms with E-state index >= 15 is 0 Å². The molecule has 0 spiro atoms. The topological polar surface area (TPSA) is 128 Å². The normalized spacial score (nSPS) is 10.4. The van der Waals surface area contributed by atoms with Crippen molar-refractivity contribution in [3.63, 3.8) is 0 Å². The molecule has 0 unspecified atom stereocenters. The lowest BCUT2D eigenvalue weighted by molar-refractivity contribution is -0.119. The number of amides is 2. The second-order valence-electron chi connectivity index (χ2n) is 7.09. The molecular formula is C22H24N6O4. The van der Waals surface area contributed by atoms with Crippen molar-refractivity contribution in [3.05, 3.63) is 59.2 Å². The summed E-state index contributed by atoms with van der Waals surface area (Å²) in [5, 5.41) is 5.20. The zero-order chi connectivity index (χ0) is 23.1. The van der Waals surface area contributed by atoms with Crippen molar-refractivity contribution in [2.45, 2.75) is 27.7 Å². The van der Waals surface area contributed by atoms with Crippen LogP contribution in [0.3, 0.4) is 0 Å². The number of nitrogens with one attached hydrogen (secondary N) is 2. The second-order valence-corrected chi connectivity index (χ2v) is 7.09. The number of anilines is 2. The number of ether oxygens (including phenoxy) is 2. The maximum Gasteiger partial charge on any atom is 0.264 e. The van der Waals surface area contributed by atoms with Crippen LogP contribution in [0.2, 0.25) is 0 Å². The average Bonchev–Trinajstić information content (AvgIpc) is 2.70. The molecule has 10 heteroatoms. The number of rotatable bonds is 8. The van der Waals surface area contributed by atoms with Gasteiger partial charge < -0.3 is 9.47 Å². The van der Waals surface area contributed by atoms with E-state index < -0.39 is 0 Å². The SMILES string of the molecule is Cc1cc(C)nc(NC(=O)COc2ccc(OCC(=O)Nc3nc(C)cc(C)n3)cc2)n1. The molecule has 2 amide bonds. The van der Waals surface area contributed by atoms with E-state index in [2.05, 4.69) is 30.6 Å². The molecule has 0 aliphatic carbocycles. The Balaban J connectivity index is 1.44. The molecule has 0 radical (unpaired) electrons. The van der Waals surface area contributed by atoms with Gasteiger partial charge in [-0.05, 0) is 64.1 Å². The molecule has 166 valence electrons. The molecule has 0 saturated carbocycles. The first-order valence-electron chi connectivity index (χ1n) is 9.87. The molecule has 10 nitrogen and oxygen atoms in total. The van der Waals surface area contributed by atoms with Crippen LogP contribution in [0.4, 0.5) is 11.9 Å². The van der Waals surface area contributed by atoms with Crippen molar-refractivity contribution in [1.82, 2.24) is 19.9 Å². The predicted molar refractivity (Wildman–Crippen MR) is 118 cm³/mol. The Morgan fingerprint density at radius 3 is 1.28 bits per heavy atom. The fourth-order valence-electron chi connectivity index (χ4n) is 2.82. The van der Waals surface area contributed by atoms with E-state index in [1.807, 2.05) is 39.8 Å². The van der Waals surface area contributed by atoms with Gasteiger partial charge >= 0.3 is 0 Å². The lowest BCUT2D eigenvalue weighted by Gasteiger charge is -2.09. The highest BCUT2D eigenvalue weighted by Crippen LogP contribution is 2.17. The van der Waals surface area contributed by atoms with E-state index in [4.69, 9.17) is 9.47 Å². The first-order chi connectivity index (χ1) is 15.3. The highest BCUT2D eigenvalue weighted by Gasteiger charge is 2.09. The minimum atomic E-state index is -0.374. The standard InChI is InChI=1S/C22H24N6O4/c1-13-9-14(2)24-21(23-13)27-19(29)11-31-17-5-7-18(8-6-17)32-12-20(30)28-22-25-15(3)10-16(4)26-22/h5-10H,11-12H2,1-4H3,(H,23,24,27,29)(H,25,26,28,30). The van der Waals surface area contributed by atoms with Crippen LogP contribution in [0, 0.1) is 27.7 Å². The Hall–Kier alpha value is -4.08. The summed E-state index contributed by atoms with van der Waals surface area (Å²) >= 11 is 0. The van der Waals surface area contributed by atoms with E-state index in [0.717, 1.165) is 22.8 Å². The quantitative estimate of drug-likeness (QED) is 0.551. The van der Waals surface area contributed by atoms with Crippen molar-refractivity contribution >= 4 is 23.7 Å². The number of carbonyl (C=O) groups is 2. The number of carbonyl (C=O) groups excluding carboxylic acids is 2. The number of nitrogens with zero attached hydrogens (tertiary/aromatic N) is 4. The Morgan fingerprint density at radius 1 is 0.656 bits per heavy atom. The Labute approximate surface area is 185 Å². The molecule has 2 aromatic heterocycles. The molecule has 2 heterocycles. The van der Waals surface area contributed by atoms with E-state index in [1.165, 1.54) is 0 Å². The van der Waals surface area contributed by atoms with E-state index in [-0.39, 0.29) is 36.9 Å². The van der Waals surface area contributed by atoms with Gasteiger partial charge in [0, 0.05) is 22.8 Å². The zero-order valence-corrected chi connectivity index (χ0v) is 18.3. The van der Waals surface area contributed by atoms with E-state index in [9.17, 15) is 9.59 Å². The van der Waals surface area contributed by atoms with Crippen molar-refractivity contribution < 1.29 is 19.1 Å². The van der Waals surface area contributed by atoms with Crippen molar-refractivity contribution in [3.8, 4) is 11.5 Å². The number of benzene rings is 1. The molecule has 2 N–H and O–H groups in total. The van der Waals surface area contributed by atoms with Gasteiger partial charge in [0.15, 0.2) is 13.2 Å². The van der Waals surface area contributed by atoms with Crippen LogP contribution in [-0.2, 0) is 9.59 Å². The molecule has 1 aromatic carbocycles. The third kappa shape index (κ3) is 7.01. The summed E-state index contributed by atoms with van der Waals surface area (Å²) in [6.07, 6.45) is 0. The summed E-state index contributed by atoms with van der Waals surface area (Å²) in [5.74, 6) is 0.679. The molecule has 3 rings (SSSR count). The smallest absolute Gasteiger partial charge is 0.264 e. The maximum absolute atomic E-state index is 12.0. The van der Waals surface area contributed by atoms with Crippen LogP contribution in [0.5, 0.6) is 11.5 Å². The monoisotopic (exact) mass is 436 g/mol. The van der Waals surface area contributed by atoms with Crippen LogP contribution < -0.4 is 20.1 Å². The van der Waals surface area contributed by atoms with Gasteiger partial charge in [0.1, 0.15) is 11.5 Å². The molecule has 0 fully saturated rings. The molecule has 0 aliphatic rings. The minimum absolute atomic E-state index is 0.200. The van der Waals surface area contributed by atoms with Crippen LogP contribution in [-0.4, -0.2) is 45.0 Å². The largest absolute Gasteiger partial charge is 0.484 e. The predicted octanol–water partition coefficient (Wildman–Crippen LogP) is 2.54. The number of hydrogen-bond acceptors (Lipinski definition) is 8. The third-order valence-electron chi connectivity index (χ3n) is 4.03. The summed E-state index contributed by atoms with van der Waals surface area (Å²) in [5.41, 5.74) is 3.05. The molecule has 0 aliphatic heterocycles. The van der Waals surface area contributed by atoms with Crippen LogP contribution >= 0.6 is 0 Å². The Morgan fingerprint density at radius 2 is 0.969 bits per heavy atom. The molecule has 0 saturated heterocycles. The van der Waals surface area contributed by atoms with Crippen molar-refractivity contribution in [2.24, 2.45) is 0 Å². The molecular weight excluding hydrogens is 412 g/mol. The Kier molecular flexibility index (Phi) is 7.27. The highest BCUT2D eigenvalue weighted by molar-refractivity contribution is 5.90. The first kappa shape index (κ1) is 22.6. The van der Waals surface area contributed by atoms with Crippen molar-refractivity contribution in [2.75, 3.05) is 23.8 Å². The summed E-state index contributed by atoms with van der Waals surface area (Å²) in [6, 6.07) is 10.2. The van der Waals surface area contributed by atoms with Crippen LogP contribution in [0.1, 0.15) is 22.8 Å². The maximum atomic E-state index is 12.0. The summed E-state index contributed by atoms with van der Waals surface area (Å²) < 4.78 is 10.9. The van der Waals surface area contributed by atoms with Crippen LogP contribution in [0.15, 0.2) is 36.4 Å². The van der Waals surface area contributed by atoms with Gasteiger partial charge in [-0.3, -0.25) is 20.2 Å². The van der Waals surface area contributed by atoms with Gasteiger partial charge in [-0.2, -0.15) is 0 Å². The molecule has 3 aromatic rings. The summed E-state index contributed by atoms with van der Waals surface area (Å²) in [7, 11) is 0. The lowest BCUT2D eigenvalue weighted by atomic mass is 10.3. The number of hydrogen-bond donors (Lipinski definition) is 2. The van der Waals surface area contributed by atoms with Gasteiger partial charge in [-0.25, -0.2) is 19.9 Å². The summed E-state index contributed by atoms with van der Waals surface area (Å²) in [4.78, 5) is 40.7. The molecule has 0 atom stereocenters. The van der Waals surface area contributed by atoms with Crippen LogP contribution in [0.25, 0.3) is 0 Å². The van der Waals surface area contributed by atoms with E-state index in [0.29, 0.717) is 11.5 Å². The third-order valence-corrected chi connectivity index (χ3v) is 4.03. The molecule has 0 bridgehead atoms. The number of aromatic nitrogens is 4. The first-order valence-corrected chi connectivity index (χ1v) is 9.87. The van der Waals surface area contributed by atoms with Crippen molar-refractivity contribution in [1.29, 1.82) is 0 Å². The highest BCUT2D eigenvalue weighted by atomic mass is 16.5. The van der Waals surface area contributed by atoms with Gasteiger partial charge in [0.2, 0.25) is 11.9 Å². The fraction of sp³-hybridized carbons (Fsp3) is 0.273. The minimum Gasteiger partial charge on any atom is -0.484 e. The zero-order valence-electron chi connectivity index (χ0n) is 18.3. The lowest BCUT2D eigenvalue weighted by Crippen LogP contribution is -2.22. The summed E-state index contributed by atoms with van der Waals surface area (Å²) in [6.45, 7) is 6.90.